The van der Waals surface area contributed by atoms with Crippen LogP contribution in [0.3, 0.4) is 0 Å². The molecule has 2 N–H and O–H groups in total. The molecule has 102 valence electrons. The van der Waals surface area contributed by atoms with E-state index in [1.165, 1.54) is 0 Å². The molecule has 1 aliphatic carbocycles. The Bertz CT molecular complexity index is 588. The highest BCUT2D eigenvalue weighted by Crippen LogP contribution is 2.36. The van der Waals surface area contributed by atoms with E-state index in [2.05, 4.69) is 10.2 Å². The van der Waals surface area contributed by atoms with Crippen molar-refractivity contribution in [2.75, 3.05) is 13.2 Å². The van der Waals surface area contributed by atoms with Gasteiger partial charge in [-0.05, 0) is 25.7 Å². The molecule has 2 aliphatic rings. The molecule has 7 heteroatoms. The van der Waals surface area contributed by atoms with E-state index in [0.717, 1.165) is 54.7 Å². The Balaban J connectivity index is 1.67. The van der Waals surface area contributed by atoms with Crippen LogP contribution >= 0.6 is 11.3 Å². The minimum Gasteiger partial charge on any atom is -0.381 e. The maximum absolute atomic E-state index is 5.99. The standard InChI is InChI=1S/C12H17N5OS/c13-9-2-1-7(5-9)11-16-17-10(8-3-4-18-6-8)14-15-12(17)19-11/h7-9H,1-6,13H2. The van der Waals surface area contributed by atoms with Crippen LogP contribution in [0.2, 0.25) is 0 Å². The SMILES string of the molecule is NC1CCC(c2nn3c(C4CCOC4)nnc3s2)C1. The maximum Gasteiger partial charge on any atom is 0.234 e. The van der Waals surface area contributed by atoms with Gasteiger partial charge in [-0.2, -0.15) is 9.61 Å². The van der Waals surface area contributed by atoms with Gasteiger partial charge in [-0.1, -0.05) is 11.3 Å². The molecule has 6 nitrogen and oxygen atoms in total. The number of ether oxygens (including phenoxy) is 1. The highest BCUT2D eigenvalue weighted by atomic mass is 32.1. The first-order valence-electron chi connectivity index (χ1n) is 6.86. The lowest BCUT2D eigenvalue weighted by Gasteiger charge is -2.04. The van der Waals surface area contributed by atoms with Crippen LogP contribution < -0.4 is 5.73 Å². The summed E-state index contributed by atoms with van der Waals surface area (Å²) < 4.78 is 7.35. The van der Waals surface area contributed by atoms with Crippen LogP contribution in [0.25, 0.3) is 4.96 Å². The molecular weight excluding hydrogens is 262 g/mol. The second-order valence-corrected chi connectivity index (χ2v) is 6.51. The fourth-order valence-electron chi connectivity index (χ4n) is 3.05. The van der Waals surface area contributed by atoms with Gasteiger partial charge in [0.15, 0.2) is 5.82 Å². The largest absolute Gasteiger partial charge is 0.381 e. The van der Waals surface area contributed by atoms with Crippen LogP contribution in [-0.2, 0) is 4.74 Å². The van der Waals surface area contributed by atoms with Crippen molar-refractivity contribution in [3.63, 3.8) is 0 Å². The third-order valence-corrected chi connectivity index (χ3v) is 5.21. The number of rotatable bonds is 2. The molecular formula is C12H17N5OS. The average molecular weight is 279 g/mol. The molecule has 1 aliphatic heterocycles. The van der Waals surface area contributed by atoms with Crippen molar-refractivity contribution in [2.24, 2.45) is 5.73 Å². The van der Waals surface area contributed by atoms with Crippen molar-refractivity contribution < 1.29 is 4.74 Å². The molecule has 2 aromatic heterocycles. The Morgan fingerprint density at radius 2 is 2.16 bits per heavy atom. The van der Waals surface area contributed by atoms with Gasteiger partial charge in [0.2, 0.25) is 4.96 Å². The van der Waals surface area contributed by atoms with E-state index >= 15 is 0 Å². The molecule has 1 saturated carbocycles. The van der Waals surface area contributed by atoms with E-state index < -0.39 is 0 Å². The molecule has 19 heavy (non-hydrogen) atoms. The molecule has 2 fully saturated rings. The first-order chi connectivity index (χ1) is 9.31. The Hall–Kier alpha value is -1.05. The van der Waals surface area contributed by atoms with Gasteiger partial charge in [0, 0.05) is 24.5 Å². The number of fused-ring (bicyclic) bond motifs is 1. The van der Waals surface area contributed by atoms with E-state index in [1.807, 2.05) is 4.52 Å². The fourth-order valence-corrected chi connectivity index (χ4v) is 4.04. The molecule has 3 unspecified atom stereocenters. The second-order valence-electron chi connectivity index (χ2n) is 5.52. The summed E-state index contributed by atoms with van der Waals surface area (Å²) in [7, 11) is 0. The van der Waals surface area contributed by atoms with Crippen molar-refractivity contribution in [3.8, 4) is 0 Å². The predicted molar refractivity (Wildman–Crippen MR) is 71.4 cm³/mol. The van der Waals surface area contributed by atoms with Gasteiger partial charge >= 0.3 is 0 Å². The van der Waals surface area contributed by atoms with Crippen molar-refractivity contribution in [1.82, 2.24) is 19.8 Å². The minimum absolute atomic E-state index is 0.335. The molecule has 0 radical (unpaired) electrons. The normalized spacial score (nSPS) is 31.5. The van der Waals surface area contributed by atoms with Crippen molar-refractivity contribution in [3.05, 3.63) is 10.8 Å². The van der Waals surface area contributed by atoms with Gasteiger partial charge in [-0.15, -0.1) is 10.2 Å². The van der Waals surface area contributed by atoms with Crippen LogP contribution in [-0.4, -0.2) is 39.1 Å². The van der Waals surface area contributed by atoms with Gasteiger partial charge in [-0.3, -0.25) is 0 Å². The molecule has 2 aromatic rings. The Labute approximate surface area is 115 Å². The third-order valence-electron chi connectivity index (χ3n) is 4.15. The van der Waals surface area contributed by atoms with Crippen LogP contribution in [0.5, 0.6) is 0 Å². The molecule has 1 saturated heterocycles. The van der Waals surface area contributed by atoms with Crippen LogP contribution in [0.4, 0.5) is 0 Å². The summed E-state index contributed by atoms with van der Waals surface area (Å²) in [6.07, 6.45) is 4.31. The molecule has 3 atom stereocenters. The van der Waals surface area contributed by atoms with Gasteiger partial charge in [-0.25, -0.2) is 0 Å². The maximum atomic E-state index is 5.99. The topological polar surface area (TPSA) is 78.3 Å². The summed E-state index contributed by atoms with van der Waals surface area (Å²) in [4.78, 5) is 0.900. The van der Waals surface area contributed by atoms with Gasteiger partial charge < -0.3 is 10.5 Å². The van der Waals surface area contributed by atoms with Crippen LogP contribution in [0.1, 0.15) is 48.4 Å². The highest BCUT2D eigenvalue weighted by molar-refractivity contribution is 7.16. The number of hydrogen-bond donors (Lipinski definition) is 1. The summed E-state index contributed by atoms with van der Waals surface area (Å²) in [6, 6.07) is 0.335. The number of nitrogens with two attached hydrogens (primary N) is 1. The third kappa shape index (κ3) is 1.96. The zero-order valence-corrected chi connectivity index (χ0v) is 11.5. The fraction of sp³-hybridized carbons (Fsp3) is 0.750. The van der Waals surface area contributed by atoms with E-state index in [9.17, 15) is 0 Å². The Morgan fingerprint density at radius 3 is 2.89 bits per heavy atom. The lowest BCUT2D eigenvalue weighted by atomic mass is 10.1. The van der Waals surface area contributed by atoms with E-state index in [4.69, 9.17) is 15.6 Å². The lowest BCUT2D eigenvalue weighted by Crippen LogP contribution is -2.14. The highest BCUT2D eigenvalue weighted by Gasteiger charge is 2.29. The molecule has 4 rings (SSSR count). The average Bonchev–Trinajstić information content (AvgIpc) is 3.11. The van der Waals surface area contributed by atoms with Crippen LogP contribution in [0.15, 0.2) is 0 Å². The van der Waals surface area contributed by atoms with Gasteiger partial charge in [0.25, 0.3) is 0 Å². The molecule has 3 heterocycles. The first-order valence-corrected chi connectivity index (χ1v) is 7.68. The number of aromatic nitrogens is 4. The minimum atomic E-state index is 0.335. The summed E-state index contributed by atoms with van der Waals surface area (Å²) >= 11 is 1.66. The molecule has 0 spiro atoms. The zero-order chi connectivity index (χ0) is 12.8. The summed E-state index contributed by atoms with van der Waals surface area (Å²) in [5, 5.41) is 14.4. The van der Waals surface area contributed by atoms with Gasteiger partial charge in [0.05, 0.1) is 6.61 Å². The molecule has 0 amide bonds. The Kier molecular flexibility index (Phi) is 2.78. The Morgan fingerprint density at radius 1 is 1.21 bits per heavy atom. The predicted octanol–water partition coefficient (Wildman–Crippen LogP) is 1.28. The van der Waals surface area contributed by atoms with Crippen molar-refractivity contribution in [2.45, 2.75) is 43.6 Å². The smallest absolute Gasteiger partial charge is 0.234 e. The lowest BCUT2D eigenvalue weighted by molar-refractivity contribution is 0.193. The number of nitrogens with zero attached hydrogens (tertiary/aromatic N) is 4. The number of hydrogen-bond acceptors (Lipinski definition) is 6. The quantitative estimate of drug-likeness (QED) is 0.896. The zero-order valence-electron chi connectivity index (χ0n) is 10.7. The molecule has 0 aromatic carbocycles. The first kappa shape index (κ1) is 11.7. The van der Waals surface area contributed by atoms with Crippen LogP contribution in [0, 0.1) is 0 Å². The monoisotopic (exact) mass is 279 g/mol. The van der Waals surface area contributed by atoms with E-state index in [1.54, 1.807) is 11.3 Å². The summed E-state index contributed by atoms with van der Waals surface area (Å²) in [6.45, 7) is 1.55. The van der Waals surface area contributed by atoms with E-state index in [-0.39, 0.29) is 0 Å². The molecule has 0 bridgehead atoms. The second kappa shape index (κ2) is 4.50. The van der Waals surface area contributed by atoms with Gasteiger partial charge in [0.1, 0.15) is 5.01 Å². The summed E-state index contributed by atoms with van der Waals surface area (Å²) in [5.74, 6) is 1.81. The van der Waals surface area contributed by atoms with Crippen molar-refractivity contribution in [1.29, 1.82) is 0 Å². The van der Waals surface area contributed by atoms with E-state index in [0.29, 0.717) is 17.9 Å². The van der Waals surface area contributed by atoms with Crippen molar-refractivity contribution >= 4 is 16.3 Å². The summed E-state index contributed by atoms with van der Waals surface area (Å²) in [5.41, 5.74) is 5.99.